The van der Waals surface area contributed by atoms with Crippen molar-refractivity contribution in [2.75, 3.05) is 0 Å². The number of ketones is 1. The second-order valence-electron chi connectivity index (χ2n) is 4.81. The molecule has 0 radical (unpaired) electrons. The molecule has 3 nitrogen and oxygen atoms in total. The zero-order valence-corrected chi connectivity index (χ0v) is 11.4. The van der Waals surface area contributed by atoms with Crippen LogP contribution in [-0.2, 0) is 16.0 Å². The Morgan fingerprint density at radius 3 is 2.45 bits per heavy atom. The summed E-state index contributed by atoms with van der Waals surface area (Å²) in [7, 11) is 0. The van der Waals surface area contributed by atoms with Crippen LogP contribution in [-0.4, -0.2) is 11.7 Å². The van der Waals surface area contributed by atoms with Crippen molar-refractivity contribution in [3.05, 3.63) is 53.6 Å². The molecule has 1 aliphatic carbocycles. The molecule has 0 fully saturated rings. The summed E-state index contributed by atoms with van der Waals surface area (Å²) in [5, 5.41) is 2.80. The molecule has 3 rings (SSSR count). The van der Waals surface area contributed by atoms with Crippen molar-refractivity contribution in [3.8, 4) is 0 Å². The van der Waals surface area contributed by atoms with Crippen LogP contribution >= 0.6 is 0 Å². The first-order valence-corrected chi connectivity index (χ1v) is 6.53. The van der Waals surface area contributed by atoms with Crippen molar-refractivity contribution < 1.29 is 9.59 Å². The van der Waals surface area contributed by atoms with E-state index in [1.54, 1.807) is 0 Å². The van der Waals surface area contributed by atoms with Crippen LogP contribution in [0, 0.1) is 0 Å². The molecule has 0 bridgehead atoms. The lowest BCUT2D eigenvalue weighted by Crippen LogP contribution is -2.13. The van der Waals surface area contributed by atoms with E-state index in [0.717, 1.165) is 6.42 Å². The third kappa shape index (κ3) is 3.32. The predicted octanol–water partition coefficient (Wildman–Crippen LogP) is 2.86. The Balaban J connectivity index is 0.000000182. The molecule has 1 aliphatic rings. The SMILES string of the molecule is C1=Cc2cccc3cccc(c23)C1.CC(=O)CC(N)=O. The Kier molecular flexibility index (Phi) is 4.31. The van der Waals surface area contributed by atoms with Gasteiger partial charge in [0.15, 0.2) is 0 Å². The highest BCUT2D eigenvalue weighted by Crippen LogP contribution is 2.27. The van der Waals surface area contributed by atoms with Crippen molar-refractivity contribution in [2.45, 2.75) is 19.8 Å². The molecule has 2 aromatic carbocycles. The van der Waals surface area contributed by atoms with Crippen LogP contribution < -0.4 is 5.73 Å². The molecule has 20 heavy (non-hydrogen) atoms. The summed E-state index contributed by atoms with van der Waals surface area (Å²) in [6.45, 7) is 1.32. The number of rotatable bonds is 2. The van der Waals surface area contributed by atoms with Crippen LogP contribution in [0.2, 0.25) is 0 Å². The topological polar surface area (TPSA) is 60.2 Å². The molecule has 0 unspecified atom stereocenters. The van der Waals surface area contributed by atoms with E-state index in [4.69, 9.17) is 0 Å². The molecule has 2 N–H and O–H groups in total. The second-order valence-corrected chi connectivity index (χ2v) is 4.81. The maximum absolute atomic E-state index is 9.95. The van der Waals surface area contributed by atoms with E-state index in [1.165, 1.54) is 28.8 Å². The fourth-order valence-electron chi connectivity index (χ4n) is 2.32. The number of benzene rings is 2. The zero-order chi connectivity index (χ0) is 14.5. The first-order valence-electron chi connectivity index (χ1n) is 6.53. The summed E-state index contributed by atoms with van der Waals surface area (Å²) in [6, 6.07) is 13.0. The van der Waals surface area contributed by atoms with E-state index in [-0.39, 0.29) is 12.2 Å². The van der Waals surface area contributed by atoms with Gasteiger partial charge in [-0.25, -0.2) is 0 Å². The lowest BCUT2D eigenvalue weighted by Gasteiger charge is -2.11. The molecule has 0 aliphatic heterocycles. The first kappa shape index (κ1) is 14.0. The fourth-order valence-corrected chi connectivity index (χ4v) is 2.32. The van der Waals surface area contributed by atoms with E-state index < -0.39 is 5.91 Å². The van der Waals surface area contributed by atoms with Gasteiger partial charge in [0.1, 0.15) is 5.78 Å². The van der Waals surface area contributed by atoms with Crippen molar-refractivity contribution in [1.82, 2.24) is 0 Å². The van der Waals surface area contributed by atoms with E-state index in [1.807, 2.05) is 0 Å². The van der Waals surface area contributed by atoms with Gasteiger partial charge in [-0.2, -0.15) is 0 Å². The fraction of sp³-hybridized carbons (Fsp3) is 0.176. The number of hydrogen-bond donors (Lipinski definition) is 1. The lowest BCUT2D eigenvalue weighted by molar-refractivity contribution is -0.125. The Hall–Kier alpha value is -2.42. The molecule has 2 aromatic rings. The van der Waals surface area contributed by atoms with E-state index in [9.17, 15) is 9.59 Å². The summed E-state index contributed by atoms with van der Waals surface area (Å²) in [4.78, 5) is 19.8. The van der Waals surface area contributed by atoms with Crippen LogP contribution in [0.3, 0.4) is 0 Å². The van der Waals surface area contributed by atoms with Gasteiger partial charge in [0, 0.05) is 0 Å². The molecule has 0 saturated heterocycles. The number of carbonyl (C=O) groups is 2. The van der Waals surface area contributed by atoms with Gasteiger partial charge in [-0.05, 0) is 35.2 Å². The monoisotopic (exact) mass is 267 g/mol. The summed E-state index contributed by atoms with van der Waals surface area (Å²) in [5.74, 6) is -0.750. The average Bonchev–Trinajstić information content (AvgIpc) is 2.39. The molecular formula is C17H17NO2. The van der Waals surface area contributed by atoms with Crippen molar-refractivity contribution >= 4 is 28.5 Å². The Morgan fingerprint density at radius 1 is 1.15 bits per heavy atom. The van der Waals surface area contributed by atoms with Crippen molar-refractivity contribution in [2.24, 2.45) is 5.73 Å². The maximum Gasteiger partial charge on any atom is 0.224 e. The van der Waals surface area contributed by atoms with E-state index in [0.29, 0.717) is 0 Å². The summed E-state index contributed by atoms with van der Waals surface area (Å²) in [6.07, 6.45) is 5.39. The number of primary amides is 1. The standard InChI is InChI=1S/C13H10.C4H7NO2/c1-4-10-6-2-8-12-9-3-7-11(5-1)13(10)12;1-3(6)2-4(5)7/h1-8H,9H2;2H2,1H3,(H2,5,7). The molecule has 0 heterocycles. The van der Waals surface area contributed by atoms with E-state index in [2.05, 4.69) is 54.3 Å². The van der Waals surface area contributed by atoms with Crippen LogP contribution in [0.1, 0.15) is 24.5 Å². The molecular weight excluding hydrogens is 250 g/mol. The van der Waals surface area contributed by atoms with Gasteiger partial charge in [-0.3, -0.25) is 9.59 Å². The lowest BCUT2D eigenvalue weighted by atomic mass is 9.93. The number of nitrogens with two attached hydrogens (primary N) is 1. The van der Waals surface area contributed by atoms with Gasteiger partial charge in [-0.15, -0.1) is 0 Å². The van der Waals surface area contributed by atoms with Gasteiger partial charge in [0.25, 0.3) is 0 Å². The van der Waals surface area contributed by atoms with Crippen LogP contribution in [0.4, 0.5) is 0 Å². The average molecular weight is 267 g/mol. The summed E-state index contributed by atoms with van der Waals surface area (Å²) in [5.41, 5.74) is 7.45. The summed E-state index contributed by atoms with van der Waals surface area (Å²) < 4.78 is 0. The Morgan fingerprint density at radius 2 is 1.85 bits per heavy atom. The van der Waals surface area contributed by atoms with Gasteiger partial charge in [0.2, 0.25) is 5.91 Å². The van der Waals surface area contributed by atoms with Crippen LogP contribution in [0.25, 0.3) is 16.8 Å². The van der Waals surface area contributed by atoms with Gasteiger partial charge in [0.05, 0.1) is 6.42 Å². The van der Waals surface area contributed by atoms with Crippen molar-refractivity contribution in [1.29, 1.82) is 0 Å². The Bertz CT molecular complexity index is 669. The molecule has 0 saturated carbocycles. The van der Waals surface area contributed by atoms with E-state index >= 15 is 0 Å². The highest BCUT2D eigenvalue weighted by Gasteiger charge is 2.06. The van der Waals surface area contributed by atoms with Gasteiger partial charge < -0.3 is 5.73 Å². The summed E-state index contributed by atoms with van der Waals surface area (Å²) >= 11 is 0. The number of amides is 1. The highest BCUT2D eigenvalue weighted by molar-refractivity contribution is 5.96. The molecule has 102 valence electrons. The second kappa shape index (κ2) is 6.15. The van der Waals surface area contributed by atoms with Crippen LogP contribution in [0.5, 0.6) is 0 Å². The van der Waals surface area contributed by atoms with Crippen molar-refractivity contribution in [3.63, 3.8) is 0 Å². The smallest absolute Gasteiger partial charge is 0.224 e. The quantitative estimate of drug-likeness (QED) is 0.850. The molecule has 0 spiro atoms. The number of allylic oxidation sites excluding steroid dienone is 1. The highest BCUT2D eigenvalue weighted by atomic mass is 16.2. The molecule has 3 heteroatoms. The number of Topliss-reactive ketones (excluding diaryl/α,β-unsaturated/α-hetero) is 1. The van der Waals surface area contributed by atoms with Gasteiger partial charge in [-0.1, -0.05) is 48.6 Å². The predicted molar refractivity (Wildman–Crippen MR) is 81.2 cm³/mol. The minimum absolute atomic E-state index is 0.139. The minimum atomic E-state index is -0.562. The third-order valence-corrected chi connectivity index (χ3v) is 3.08. The van der Waals surface area contributed by atoms with Gasteiger partial charge >= 0.3 is 0 Å². The molecule has 1 amide bonds. The number of hydrogen-bond acceptors (Lipinski definition) is 2. The normalized spacial score (nSPS) is 11.7. The number of carbonyl (C=O) groups excluding carboxylic acids is 2. The Labute approximate surface area is 118 Å². The maximum atomic E-state index is 9.95. The van der Waals surface area contributed by atoms with Crippen LogP contribution in [0.15, 0.2) is 42.5 Å². The zero-order valence-electron chi connectivity index (χ0n) is 11.4. The molecule has 0 aromatic heterocycles. The minimum Gasteiger partial charge on any atom is -0.369 e. The first-order chi connectivity index (χ1) is 9.58. The molecule has 0 atom stereocenters. The third-order valence-electron chi connectivity index (χ3n) is 3.08. The largest absolute Gasteiger partial charge is 0.369 e.